The Morgan fingerprint density at radius 2 is 1.74 bits per heavy atom. The molecule has 0 unspecified atom stereocenters. The number of imidazole rings is 1. The number of nitrogens with zero attached hydrogens (tertiary/aromatic N) is 7. The average molecular weight is 466 g/mol. The molecule has 2 N–H and O–H groups in total. The lowest BCUT2D eigenvalue weighted by atomic mass is 10.1. The molecule has 1 aliphatic rings. The first-order valence-corrected chi connectivity index (χ1v) is 11.0. The minimum Gasteiger partial charge on any atom is -0.390 e. The molecule has 11 heteroatoms. The van der Waals surface area contributed by atoms with Crippen LogP contribution in [-0.4, -0.2) is 58.7 Å². The third-order valence-electron chi connectivity index (χ3n) is 5.73. The monoisotopic (exact) mass is 466 g/mol. The Morgan fingerprint density at radius 3 is 2.41 bits per heavy atom. The van der Waals surface area contributed by atoms with Crippen LogP contribution < -0.4 is 5.32 Å². The molecule has 5 rings (SSSR count). The number of likely N-dealkylation sites (tertiary alicyclic amines) is 1. The molecule has 0 amide bonds. The Labute approximate surface area is 194 Å². The standard InChI is InChI=1S/C23H24F2N8O/c1-12(2)33-13(3)29-21-17(24)4-15(5-19(21)33)20-18(25)8-28-23(30-20)31-22-26-6-14(7-27-22)9-32-10-16(34)11-32/h4-8,12,16,34H,9-11H2,1-3H3,(H,26,27,28,30,31). The van der Waals surface area contributed by atoms with E-state index in [1.165, 1.54) is 6.07 Å². The second kappa shape index (κ2) is 8.65. The number of aliphatic hydroxyl groups excluding tert-OH is 1. The van der Waals surface area contributed by atoms with Crippen LogP contribution in [0.2, 0.25) is 0 Å². The zero-order chi connectivity index (χ0) is 24.0. The third kappa shape index (κ3) is 4.19. The molecule has 1 saturated heterocycles. The number of aromatic nitrogens is 6. The first-order chi connectivity index (χ1) is 16.3. The molecule has 34 heavy (non-hydrogen) atoms. The molecule has 9 nitrogen and oxygen atoms in total. The van der Waals surface area contributed by atoms with Crippen molar-refractivity contribution in [3.8, 4) is 11.3 Å². The van der Waals surface area contributed by atoms with Gasteiger partial charge in [0.15, 0.2) is 11.6 Å². The first-order valence-electron chi connectivity index (χ1n) is 11.0. The highest BCUT2D eigenvalue weighted by Crippen LogP contribution is 2.30. The van der Waals surface area contributed by atoms with E-state index in [9.17, 15) is 13.9 Å². The van der Waals surface area contributed by atoms with Crippen LogP contribution in [0.4, 0.5) is 20.7 Å². The highest BCUT2D eigenvalue weighted by molar-refractivity contribution is 5.83. The normalized spacial score (nSPS) is 14.7. The molecule has 176 valence electrons. The van der Waals surface area contributed by atoms with Crippen molar-refractivity contribution < 1.29 is 13.9 Å². The minimum atomic E-state index is -0.676. The summed E-state index contributed by atoms with van der Waals surface area (Å²) in [6.45, 7) is 7.68. The van der Waals surface area contributed by atoms with Crippen LogP contribution in [0.25, 0.3) is 22.3 Å². The molecule has 0 spiro atoms. The van der Waals surface area contributed by atoms with Crippen molar-refractivity contribution in [1.82, 2.24) is 34.4 Å². The van der Waals surface area contributed by atoms with Gasteiger partial charge < -0.3 is 9.67 Å². The van der Waals surface area contributed by atoms with Crippen LogP contribution in [0.15, 0.2) is 30.7 Å². The number of anilines is 2. The van der Waals surface area contributed by atoms with Crippen molar-refractivity contribution in [2.24, 2.45) is 0 Å². The highest BCUT2D eigenvalue weighted by Gasteiger charge is 2.24. The zero-order valence-electron chi connectivity index (χ0n) is 19.0. The number of β-amino-alcohol motifs (C(OH)–C–C–N with tert-alkyl or cyclic N) is 1. The number of hydrogen-bond acceptors (Lipinski definition) is 8. The van der Waals surface area contributed by atoms with E-state index in [2.05, 4.69) is 35.1 Å². The number of nitrogens with one attached hydrogen (secondary N) is 1. The second-order valence-electron chi connectivity index (χ2n) is 8.73. The summed E-state index contributed by atoms with van der Waals surface area (Å²) < 4.78 is 31.4. The van der Waals surface area contributed by atoms with Gasteiger partial charge in [-0.3, -0.25) is 10.2 Å². The van der Waals surface area contributed by atoms with Crippen LogP contribution >= 0.6 is 0 Å². The number of hydrogen-bond donors (Lipinski definition) is 2. The molecule has 0 bridgehead atoms. The fraction of sp³-hybridized carbons (Fsp3) is 0.348. The molecular formula is C23H24F2N8O. The first kappa shape index (κ1) is 22.2. The molecule has 0 atom stereocenters. The maximum Gasteiger partial charge on any atom is 0.230 e. The Morgan fingerprint density at radius 1 is 1.03 bits per heavy atom. The van der Waals surface area contributed by atoms with Gasteiger partial charge in [0.1, 0.15) is 17.0 Å². The molecule has 1 fully saturated rings. The number of halogens is 2. The van der Waals surface area contributed by atoms with Gasteiger partial charge in [-0.05, 0) is 32.9 Å². The Hall–Kier alpha value is -3.57. The zero-order valence-corrected chi connectivity index (χ0v) is 19.0. The highest BCUT2D eigenvalue weighted by atomic mass is 19.1. The Bertz CT molecular complexity index is 1350. The maximum absolute atomic E-state index is 14.9. The minimum absolute atomic E-state index is 0.0413. The molecule has 0 radical (unpaired) electrons. The van der Waals surface area contributed by atoms with Crippen molar-refractivity contribution in [3.05, 3.63) is 53.7 Å². The summed E-state index contributed by atoms with van der Waals surface area (Å²) in [4.78, 5) is 23.2. The predicted octanol–water partition coefficient (Wildman–Crippen LogP) is 3.37. The van der Waals surface area contributed by atoms with E-state index < -0.39 is 11.6 Å². The fourth-order valence-electron chi connectivity index (χ4n) is 4.22. The smallest absolute Gasteiger partial charge is 0.230 e. The lowest BCUT2D eigenvalue weighted by Gasteiger charge is -2.35. The lowest BCUT2D eigenvalue weighted by molar-refractivity contribution is -0.00297. The van der Waals surface area contributed by atoms with Crippen LogP contribution in [0.1, 0.15) is 31.3 Å². The van der Waals surface area contributed by atoms with Gasteiger partial charge in [0.2, 0.25) is 11.9 Å². The molecule has 0 aliphatic carbocycles. The summed E-state index contributed by atoms with van der Waals surface area (Å²) in [6.07, 6.45) is 4.10. The van der Waals surface area contributed by atoms with Crippen LogP contribution in [0.3, 0.4) is 0 Å². The third-order valence-corrected chi connectivity index (χ3v) is 5.73. The SMILES string of the molecule is Cc1nc2c(F)cc(-c3nc(Nc4ncc(CN5CC(O)C5)cn4)ncc3F)cc2n1C(C)C. The van der Waals surface area contributed by atoms with Gasteiger partial charge in [-0.1, -0.05) is 0 Å². The van der Waals surface area contributed by atoms with E-state index in [-0.39, 0.29) is 40.8 Å². The van der Waals surface area contributed by atoms with E-state index in [1.807, 2.05) is 25.3 Å². The topological polar surface area (TPSA) is 105 Å². The molecule has 0 saturated carbocycles. The summed E-state index contributed by atoms with van der Waals surface area (Å²) in [5.41, 5.74) is 1.95. The molecule has 4 aromatic rings. The summed E-state index contributed by atoms with van der Waals surface area (Å²) in [7, 11) is 0. The Kier molecular flexibility index (Phi) is 5.66. The summed E-state index contributed by atoms with van der Waals surface area (Å²) in [5.74, 6) is -0.206. The van der Waals surface area contributed by atoms with Gasteiger partial charge in [0.25, 0.3) is 0 Å². The second-order valence-corrected chi connectivity index (χ2v) is 8.73. The summed E-state index contributed by atoms with van der Waals surface area (Å²) in [5, 5.41) is 12.3. The van der Waals surface area contributed by atoms with Gasteiger partial charge in [0.05, 0.1) is 17.8 Å². The van der Waals surface area contributed by atoms with Gasteiger partial charge in [-0.25, -0.2) is 33.7 Å². The number of rotatable bonds is 6. The largest absolute Gasteiger partial charge is 0.390 e. The van der Waals surface area contributed by atoms with E-state index in [0.29, 0.717) is 31.0 Å². The summed E-state index contributed by atoms with van der Waals surface area (Å²) in [6, 6.07) is 2.97. The van der Waals surface area contributed by atoms with Gasteiger partial charge in [-0.15, -0.1) is 0 Å². The summed E-state index contributed by atoms with van der Waals surface area (Å²) >= 11 is 0. The van der Waals surface area contributed by atoms with E-state index in [1.54, 1.807) is 18.5 Å². The van der Waals surface area contributed by atoms with Crippen molar-refractivity contribution in [1.29, 1.82) is 0 Å². The van der Waals surface area contributed by atoms with Crippen LogP contribution in [0, 0.1) is 18.6 Å². The number of aliphatic hydroxyl groups is 1. The molecule has 1 aromatic carbocycles. The molecular weight excluding hydrogens is 442 g/mol. The predicted molar refractivity (Wildman–Crippen MR) is 122 cm³/mol. The number of benzene rings is 1. The quantitative estimate of drug-likeness (QED) is 0.446. The Balaban J connectivity index is 1.42. The average Bonchev–Trinajstić information content (AvgIpc) is 3.12. The van der Waals surface area contributed by atoms with Gasteiger partial charge in [0, 0.05) is 49.2 Å². The lowest BCUT2D eigenvalue weighted by Crippen LogP contribution is -2.49. The van der Waals surface area contributed by atoms with Crippen molar-refractivity contribution >= 4 is 22.9 Å². The van der Waals surface area contributed by atoms with Gasteiger partial charge in [-0.2, -0.15) is 0 Å². The van der Waals surface area contributed by atoms with Crippen LogP contribution in [-0.2, 0) is 6.54 Å². The molecule has 1 aliphatic heterocycles. The van der Waals surface area contributed by atoms with E-state index in [4.69, 9.17) is 0 Å². The molecule has 4 heterocycles. The number of aryl methyl sites for hydroxylation is 1. The van der Waals surface area contributed by atoms with E-state index >= 15 is 0 Å². The van der Waals surface area contributed by atoms with Crippen molar-refractivity contribution in [2.75, 3.05) is 18.4 Å². The van der Waals surface area contributed by atoms with E-state index in [0.717, 1.165) is 11.8 Å². The van der Waals surface area contributed by atoms with Crippen LogP contribution in [0.5, 0.6) is 0 Å². The number of fused-ring (bicyclic) bond motifs is 1. The maximum atomic E-state index is 14.9. The fourth-order valence-corrected chi connectivity index (χ4v) is 4.22. The van der Waals surface area contributed by atoms with Gasteiger partial charge >= 0.3 is 0 Å². The molecule has 3 aromatic heterocycles. The van der Waals surface area contributed by atoms with Crippen molar-refractivity contribution in [3.63, 3.8) is 0 Å². The van der Waals surface area contributed by atoms with Crippen molar-refractivity contribution in [2.45, 2.75) is 39.5 Å².